The summed E-state index contributed by atoms with van der Waals surface area (Å²) < 4.78 is 0. The van der Waals surface area contributed by atoms with Crippen LogP contribution in [0.2, 0.25) is 0 Å². The maximum absolute atomic E-state index is 4.85. The van der Waals surface area contributed by atoms with Gasteiger partial charge < -0.3 is 0 Å². The van der Waals surface area contributed by atoms with E-state index in [0.717, 1.165) is 13.0 Å². The van der Waals surface area contributed by atoms with Crippen LogP contribution in [0.15, 0.2) is 0 Å². The van der Waals surface area contributed by atoms with Gasteiger partial charge in [0, 0.05) is 6.54 Å². The molecule has 0 aromatic carbocycles. The predicted molar refractivity (Wildman–Crippen MR) is 28.8 cm³/mol. The van der Waals surface area contributed by atoms with Crippen LogP contribution >= 0.6 is 0 Å². The van der Waals surface area contributed by atoms with Crippen LogP contribution in [0.1, 0.15) is 13.3 Å². The lowest BCUT2D eigenvalue weighted by molar-refractivity contribution is 0.444. The fraction of sp³-hybridized carbons (Fsp3) is 1.00. The van der Waals surface area contributed by atoms with Crippen LogP contribution in [0, 0.1) is 0 Å². The minimum atomic E-state index is 0.921. The molecular weight excluding hydrogens is 92.1 g/mol. The van der Waals surface area contributed by atoms with Crippen LogP contribution in [0.3, 0.4) is 0 Å². The molecule has 0 saturated carbocycles. The summed E-state index contributed by atoms with van der Waals surface area (Å²) in [6.07, 6.45) is 1.09. The van der Waals surface area contributed by atoms with Gasteiger partial charge in [-0.3, -0.25) is 5.84 Å². The number of hydrazine groups is 3. The zero-order valence-corrected chi connectivity index (χ0v) is 4.49. The highest BCUT2D eigenvalue weighted by molar-refractivity contribution is 4.28. The van der Waals surface area contributed by atoms with Gasteiger partial charge in [0.25, 0.3) is 0 Å². The summed E-state index contributed by atoms with van der Waals surface area (Å²) in [5, 5.41) is 0. The molecule has 0 spiro atoms. The average Bonchev–Trinajstić information content (AvgIpc) is 1.69. The van der Waals surface area contributed by atoms with Gasteiger partial charge in [-0.15, -0.1) is 0 Å². The van der Waals surface area contributed by atoms with Crippen LogP contribution < -0.4 is 22.3 Å². The zero-order valence-electron chi connectivity index (χ0n) is 4.49. The summed E-state index contributed by atoms with van der Waals surface area (Å²) in [5.74, 6) is 4.85. The van der Waals surface area contributed by atoms with Gasteiger partial charge >= 0.3 is 0 Å². The van der Waals surface area contributed by atoms with E-state index in [9.17, 15) is 0 Å². The molecule has 0 amide bonds. The molecule has 4 heteroatoms. The largest absolute Gasteiger partial charge is 0.257 e. The molecule has 0 bridgehead atoms. The van der Waals surface area contributed by atoms with Gasteiger partial charge in [-0.25, -0.2) is 5.43 Å². The van der Waals surface area contributed by atoms with E-state index in [1.165, 1.54) is 0 Å². The molecule has 5 N–H and O–H groups in total. The average molecular weight is 104 g/mol. The van der Waals surface area contributed by atoms with Crippen molar-refractivity contribution >= 4 is 0 Å². The Labute approximate surface area is 43.4 Å². The Morgan fingerprint density at radius 3 is 2.71 bits per heavy atom. The first-order chi connectivity index (χ1) is 3.41. The Balaban J connectivity index is 2.45. The molecule has 7 heavy (non-hydrogen) atoms. The van der Waals surface area contributed by atoms with Crippen molar-refractivity contribution in [3.63, 3.8) is 0 Å². The van der Waals surface area contributed by atoms with Crippen molar-refractivity contribution in [3.05, 3.63) is 0 Å². The third-order valence-corrected chi connectivity index (χ3v) is 0.536. The molecule has 0 fully saturated rings. The van der Waals surface area contributed by atoms with E-state index in [-0.39, 0.29) is 0 Å². The van der Waals surface area contributed by atoms with Gasteiger partial charge in [0.15, 0.2) is 0 Å². The highest BCUT2D eigenvalue weighted by atomic mass is 15.7. The maximum atomic E-state index is 4.85. The lowest BCUT2D eigenvalue weighted by Crippen LogP contribution is -2.47. The number of nitrogens with one attached hydrogen (secondary N) is 3. The van der Waals surface area contributed by atoms with Crippen molar-refractivity contribution in [1.82, 2.24) is 16.5 Å². The first kappa shape index (κ1) is 6.84. The summed E-state index contributed by atoms with van der Waals surface area (Å²) in [4.78, 5) is 0. The minimum Gasteiger partial charge on any atom is -0.257 e. The Morgan fingerprint density at radius 1 is 1.57 bits per heavy atom. The topological polar surface area (TPSA) is 62.1 Å². The molecule has 0 rings (SSSR count). The molecule has 0 aliphatic carbocycles. The highest BCUT2D eigenvalue weighted by Gasteiger charge is 1.73. The Hall–Kier alpha value is -0.160. The van der Waals surface area contributed by atoms with Crippen LogP contribution in [0.25, 0.3) is 0 Å². The Morgan fingerprint density at radius 2 is 2.29 bits per heavy atom. The van der Waals surface area contributed by atoms with Crippen molar-refractivity contribution < 1.29 is 0 Å². The SMILES string of the molecule is CCCNNNN. The van der Waals surface area contributed by atoms with E-state index >= 15 is 0 Å². The standard InChI is InChI=1S/C3H12N4/c1-2-3-5-7-6-4/h5-7H,2-4H2,1H3. The van der Waals surface area contributed by atoms with E-state index in [1.807, 2.05) is 0 Å². The first-order valence-electron chi connectivity index (χ1n) is 2.35. The van der Waals surface area contributed by atoms with Gasteiger partial charge in [-0.2, -0.15) is 11.1 Å². The highest BCUT2D eigenvalue weighted by Crippen LogP contribution is 1.62. The number of hydrogen-bond donors (Lipinski definition) is 4. The lowest BCUT2D eigenvalue weighted by atomic mass is 10.5. The van der Waals surface area contributed by atoms with Crippen molar-refractivity contribution in [2.24, 2.45) is 5.84 Å². The molecule has 0 saturated heterocycles. The number of rotatable bonds is 4. The number of nitrogens with two attached hydrogens (primary N) is 1. The minimum absolute atomic E-state index is 0.921. The summed E-state index contributed by atoms with van der Waals surface area (Å²) in [7, 11) is 0. The summed E-state index contributed by atoms with van der Waals surface area (Å²) in [6, 6.07) is 0. The Bertz CT molecular complexity index is 26.1. The smallest absolute Gasteiger partial charge is 0.0111 e. The fourth-order valence-corrected chi connectivity index (χ4v) is 0.239. The molecular formula is C3H12N4. The number of hydrogen-bond acceptors (Lipinski definition) is 4. The third-order valence-electron chi connectivity index (χ3n) is 0.536. The Kier molecular flexibility index (Phi) is 5.71. The van der Waals surface area contributed by atoms with Crippen LogP contribution in [-0.2, 0) is 0 Å². The first-order valence-corrected chi connectivity index (χ1v) is 2.35. The molecule has 0 unspecified atom stereocenters. The van der Waals surface area contributed by atoms with E-state index in [2.05, 4.69) is 23.4 Å². The van der Waals surface area contributed by atoms with Gasteiger partial charge in [0.05, 0.1) is 0 Å². The second kappa shape index (κ2) is 5.84. The monoisotopic (exact) mass is 104 g/mol. The molecule has 0 radical (unpaired) electrons. The van der Waals surface area contributed by atoms with E-state index < -0.39 is 0 Å². The van der Waals surface area contributed by atoms with Gasteiger partial charge in [0.2, 0.25) is 0 Å². The second-order valence-electron chi connectivity index (χ2n) is 1.20. The van der Waals surface area contributed by atoms with E-state index in [4.69, 9.17) is 5.84 Å². The molecule has 0 heterocycles. The van der Waals surface area contributed by atoms with Gasteiger partial charge in [0.1, 0.15) is 0 Å². The molecule has 44 valence electrons. The van der Waals surface area contributed by atoms with Crippen LogP contribution in [0.5, 0.6) is 0 Å². The summed E-state index contributed by atoms with van der Waals surface area (Å²) in [5.41, 5.74) is 7.57. The maximum Gasteiger partial charge on any atom is 0.0111 e. The van der Waals surface area contributed by atoms with Crippen molar-refractivity contribution in [3.8, 4) is 0 Å². The van der Waals surface area contributed by atoms with Gasteiger partial charge in [-0.1, -0.05) is 6.92 Å². The van der Waals surface area contributed by atoms with E-state index in [1.54, 1.807) is 0 Å². The zero-order chi connectivity index (χ0) is 5.54. The molecule has 0 aromatic rings. The quantitative estimate of drug-likeness (QED) is 0.207. The summed E-state index contributed by atoms with van der Waals surface area (Å²) in [6.45, 7) is 3.00. The molecule has 0 atom stereocenters. The molecule has 0 aliphatic heterocycles. The van der Waals surface area contributed by atoms with Gasteiger partial charge in [-0.05, 0) is 6.42 Å². The summed E-state index contributed by atoms with van der Waals surface area (Å²) >= 11 is 0. The van der Waals surface area contributed by atoms with E-state index in [0.29, 0.717) is 0 Å². The normalized spacial score (nSPS) is 9.43. The predicted octanol–water partition coefficient (Wildman–Crippen LogP) is -1.13. The second-order valence-corrected chi connectivity index (χ2v) is 1.20. The molecule has 0 aliphatic rings. The molecule has 4 nitrogen and oxygen atoms in total. The van der Waals surface area contributed by atoms with Crippen molar-refractivity contribution in [1.29, 1.82) is 0 Å². The van der Waals surface area contributed by atoms with Crippen LogP contribution in [0.4, 0.5) is 0 Å². The van der Waals surface area contributed by atoms with Crippen molar-refractivity contribution in [2.75, 3.05) is 6.54 Å². The van der Waals surface area contributed by atoms with Crippen molar-refractivity contribution in [2.45, 2.75) is 13.3 Å². The molecule has 0 aromatic heterocycles. The van der Waals surface area contributed by atoms with Crippen LogP contribution in [-0.4, -0.2) is 6.54 Å². The third kappa shape index (κ3) is 5.84. The lowest BCUT2D eigenvalue weighted by Gasteiger charge is -2.00. The fourth-order valence-electron chi connectivity index (χ4n) is 0.239.